The quantitative estimate of drug-likeness (QED) is 0.854. The second-order valence-electron chi connectivity index (χ2n) is 3.31. The highest BCUT2D eigenvalue weighted by Gasteiger charge is 2.15. The van der Waals surface area contributed by atoms with Crippen molar-refractivity contribution in [3.8, 4) is 11.4 Å². The van der Waals surface area contributed by atoms with E-state index in [0.717, 1.165) is 4.68 Å². The highest BCUT2D eigenvalue weighted by Crippen LogP contribution is 2.26. The zero-order valence-corrected chi connectivity index (χ0v) is 9.27. The number of nitrogens with zero attached hydrogens (tertiary/aromatic N) is 4. The molecular weight excluding hydrogens is 252 g/mol. The van der Waals surface area contributed by atoms with Crippen LogP contribution in [0.1, 0.15) is 0 Å². The number of tetrazole rings is 1. The van der Waals surface area contributed by atoms with Gasteiger partial charge in [0.1, 0.15) is 6.54 Å². The average Bonchev–Trinajstić information content (AvgIpc) is 2.65. The van der Waals surface area contributed by atoms with Gasteiger partial charge < -0.3 is 5.73 Å². The Kier molecular flexibility index (Phi) is 3.19. The summed E-state index contributed by atoms with van der Waals surface area (Å²) in [7, 11) is 0. The summed E-state index contributed by atoms with van der Waals surface area (Å²) >= 11 is 5.74. The maximum absolute atomic E-state index is 12.3. The molecule has 2 aromatic rings. The highest BCUT2D eigenvalue weighted by atomic mass is 35.5. The van der Waals surface area contributed by atoms with Gasteiger partial charge in [0.2, 0.25) is 0 Å². The van der Waals surface area contributed by atoms with E-state index in [1.807, 2.05) is 0 Å². The van der Waals surface area contributed by atoms with Crippen LogP contribution in [0.3, 0.4) is 0 Å². The predicted octanol–water partition coefficient (Wildman–Crippen LogP) is 1.84. The fraction of sp³-hybridized carbons (Fsp3) is 0.222. The molecule has 0 spiro atoms. The van der Waals surface area contributed by atoms with Crippen LogP contribution >= 0.6 is 11.6 Å². The third-order valence-electron chi connectivity index (χ3n) is 2.10. The van der Waals surface area contributed by atoms with E-state index in [0.29, 0.717) is 16.3 Å². The van der Waals surface area contributed by atoms with Crippen LogP contribution in [0.5, 0.6) is 0 Å². The van der Waals surface area contributed by atoms with Crippen molar-refractivity contribution in [3.05, 3.63) is 23.2 Å². The van der Waals surface area contributed by atoms with Gasteiger partial charge in [0.25, 0.3) is 6.43 Å². The average molecular weight is 260 g/mol. The summed E-state index contributed by atoms with van der Waals surface area (Å²) < 4.78 is 25.6. The lowest BCUT2D eigenvalue weighted by Gasteiger charge is -2.06. The molecule has 1 aromatic carbocycles. The van der Waals surface area contributed by atoms with Crippen molar-refractivity contribution < 1.29 is 8.78 Å². The first kappa shape index (κ1) is 11.7. The molecule has 0 atom stereocenters. The lowest BCUT2D eigenvalue weighted by Crippen LogP contribution is -2.10. The molecule has 2 N–H and O–H groups in total. The summed E-state index contributed by atoms with van der Waals surface area (Å²) in [5.41, 5.74) is 6.54. The maximum Gasteiger partial charge on any atom is 0.258 e. The van der Waals surface area contributed by atoms with Gasteiger partial charge in [0.05, 0.1) is 0 Å². The Morgan fingerprint density at radius 2 is 2.18 bits per heavy atom. The molecule has 0 aliphatic heterocycles. The fourth-order valence-corrected chi connectivity index (χ4v) is 1.57. The van der Waals surface area contributed by atoms with Gasteiger partial charge in [-0.3, -0.25) is 0 Å². The SMILES string of the molecule is Nc1cc(Cl)ccc1-c1nnnn1CC(F)F. The Balaban J connectivity index is 2.42. The number of hydrogen-bond donors (Lipinski definition) is 1. The topological polar surface area (TPSA) is 69.6 Å². The number of nitrogens with two attached hydrogens (primary N) is 1. The molecule has 17 heavy (non-hydrogen) atoms. The normalized spacial score (nSPS) is 11.1. The molecular formula is C9H8ClF2N5. The number of benzene rings is 1. The first-order chi connectivity index (χ1) is 8.08. The molecule has 0 saturated heterocycles. The maximum atomic E-state index is 12.3. The third-order valence-corrected chi connectivity index (χ3v) is 2.33. The first-order valence-corrected chi connectivity index (χ1v) is 5.05. The minimum atomic E-state index is -2.54. The number of aromatic nitrogens is 4. The van der Waals surface area contributed by atoms with E-state index in [9.17, 15) is 8.78 Å². The zero-order valence-electron chi connectivity index (χ0n) is 8.52. The van der Waals surface area contributed by atoms with E-state index < -0.39 is 13.0 Å². The zero-order chi connectivity index (χ0) is 12.4. The van der Waals surface area contributed by atoms with Crippen LogP contribution in [0.2, 0.25) is 5.02 Å². The standard InChI is InChI=1S/C9H8ClF2N5/c10-5-1-2-6(7(13)3-5)9-14-15-16-17(9)4-8(11)12/h1-3,8H,4,13H2. The predicted molar refractivity (Wildman–Crippen MR) is 58.7 cm³/mol. The summed E-state index contributed by atoms with van der Waals surface area (Å²) in [5, 5.41) is 11.0. The van der Waals surface area contributed by atoms with Crippen molar-refractivity contribution in [3.63, 3.8) is 0 Å². The smallest absolute Gasteiger partial charge is 0.258 e. The fourth-order valence-electron chi connectivity index (χ4n) is 1.39. The minimum absolute atomic E-state index is 0.194. The molecule has 0 fully saturated rings. The summed E-state index contributed by atoms with van der Waals surface area (Å²) in [6, 6.07) is 4.69. The lowest BCUT2D eigenvalue weighted by molar-refractivity contribution is 0.121. The van der Waals surface area contributed by atoms with E-state index in [-0.39, 0.29) is 5.82 Å². The van der Waals surface area contributed by atoms with Crippen LogP contribution in [0, 0.1) is 0 Å². The minimum Gasteiger partial charge on any atom is -0.398 e. The second kappa shape index (κ2) is 4.62. The molecule has 2 rings (SSSR count). The third kappa shape index (κ3) is 2.50. The van der Waals surface area contributed by atoms with Crippen molar-refractivity contribution in [2.24, 2.45) is 0 Å². The van der Waals surface area contributed by atoms with Gasteiger partial charge in [-0.05, 0) is 28.6 Å². The number of halogens is 3. The van der Waals surface area contributed by atoms with Gasteiger partial charge in [-0.25, -0.2) is 13.5 Å². The van der Waals surface area contributed by atoms with Crippen LogP contribution in [-0.4, -0.2) is 26.6 Å². The molecule has 0 bridgehead atoms. The lowest BCUT2D eigenvalue weighted by atomic mass is 10.1. The Labute approximate surface area is 100 Å². The Morgan fingerprint density at radius 3 is 2.82 bits per heavy atom. The van der Waals surface area contributed by atoms with Crippen molar-refractivity contribution in [1.29, 1.82) is 0 Å². The van der Waals surface area contributed by atoms with Crippen LogP contribution in [0.4, 0.5) is 14.5 Å². The highest BCUT2D eigenvalue weighted by molar-refractivity contribution is 6.31. The van der Waals surface area contributed by atoms with Crippen LogP contribution < -0.4 is 5.73 Å². The van der Waals surface area contributed by atoms with Gasteiger partial charge in [0, 0.05) is 16.3 Å². The first-order valence-electron chi connectivity index (χ1n) is 4.67. The van der Waals surface area contributed by atoms with Crippen molar-refractivity contribution in [2.45, 2.75) is 13.0 Å². The molecule has 0 saturated carbocycles. The summed E-state index contributed by atoms with van der Waals surface area (Å²) in [6.07, 6.45) is -2.54. The monoisotopic (exact) mass is 259 g/mol. The number of rotatable bonds is 3. The van der Waals surface area contributed by atoms with Gasteiger partial charge >= 0.3 is 0 Å². The Hall–Kier alpha value is -1.76. The molecule has 1 heterocycles. The summed E-state index contributed by atoms with van der Waals surface area (Å²) in [4.78, 5) is 0. The second-order valence-corrected chi connectivity index (χ2v) is 3.74. The molecule has 0 aliphatic rings. The van der Waals surface area contributed by atoms with Crippen LogP contribution in [-0.2, 0) is 6.54 Å². The van der Waals surface area contributed by atoms with E-state index >= 15 is 0 Å². The molecule has 0 amide bonds. The number of hydrogen-bond acceptors (Lipinski definition) is 4. The van der Waals surface area contributed by atoms with Crippen molar-refractivity contribution in [1.82, 2.24) is 20.2 Å². The molecule has 90 valence electrons. The van der Waals surface area contributed by atoms with Gasteiger partial charge in [-0.15, -0.1) is 5.10 Å². The van der Waals surface area contributed by atoms with Gasteiger partial charge in [-0.2, -0.15) is 0 Å². The number of nitrogen functional groups attached to an aromatic ring is 1. The number of alkyl halides is 2. The van der Waals surface area contributed by atoms with E-state index in [4.69, 9.17) is 17.3 Å². The Morgan fingerprint density at radius 1 is 1.41 bits per heavy atom. The van der Waals surface area contributed by atoms with E-state index in [1.54, 1.807) is 12.1 Å². The largest absolute Gasteiger partial charge is 0.398 e. The van der Waals surface area contributed by atoms with Crippen LogP contribution in [0.25, 0.3) is 11.4 Å². The molecule has 0 unspecified atom stereocenters. The Bertz CT molecular complexity index is 528. The van der Waals surface area contributed by atoms with Gasteiger partial charge in [0.15, 0.2) is 5.82 Å². The molecule has 0 radical (unpaired) electrons. The molecule has 8 heteroatoms. The van der Waals surface area contributed by atoms with Crippen molar-refractivity contribution >= 4 is 17.3 Å². The molecule has 5 nitrogen and oxygen atoms in total. The number of anilines is 1. The van der Waals surface area contributed by atoms with Crippen molar-refractivity contribution in [2.75, 3.05) is 5.73 Å². The van der Waals surface area contributed by atoms with Crippen LogP contribution in [0.15, 0.2) is 18.2 Å². The molecule has 1 aromatic heterocycles. The molecule has 0 aliphatic carbocycles. The summed E-state index contributed by atoms with van der Waals surface area (Å²) in [5.74, 6) is 0.194. The summed E-state index contributed by atoms with van der Waals surface area (Å²) in [6.45, 7) is -0.579. The van der Waals surface area contributed by atoms with E-state index in [1.165, 1.54) is 6.07 Å². The van der Waals surface area contributed by atoms with Gasteiger partial charge in [-0.1, -0.05) is 11.6 Å². The van der Waals surface area contributed by atoms with E-state index in [2.05, 4.69) is 15.5 Å².